The fourth-order valence-electron chi connectivity index (χ4n) is 1.86. The van der Waals surface area contributed by atoms with E-state index in [1.807, 2.05) is 13.0 Å². The summed E-state index contributed by atoms with van der Waals surface area (Å²) in [5.41, 5.74) is 2.45. The van der Waals surface area contributed by atoms with Gasteiger partial charge >= 0.3 is 0 Å². The molecule has 0 amide bonds. The van der Waals surface area contributed by atoms with E-state index in [0.29, 0.717) is 22.3 Å². The van der Waals surface area contributed by atoms with E-state index in [1.165, 1.54) is 0 Å². The van der Waals surface area contributed by atoms with Crippen LogP contribution >= 0.6 is 23.2 Å². The van der Waals surface area contributed by atoms with Crippen molar-refractivity contribution in [3.8, 4) is 0 Å². The fraction of sp³-hybridized carbons (Fsp3) is 0.286. The summed E-state index contributed by atoms with van der Waals surface area (Å²) in [6, 6.07) is 5.36. The van der Waals surface area contributed by atoms with Crippen molar-refractivity contribution >= 4 is 23.2 Å². The van der Waals surface area contributed by atoms with Gasteiger partial charge in [0.15, 0.2) is 0 Å². The standard InChI is InChI=1S/C14H14Cl2N2O/c1-8-12(9(2)19)7-17-14(18-8)5-10-3-4-11(15)6-13(10)16/h3-4,6-7,9,19H,5H2,1-2H3/t9-/m1/s1. The Hall–Kier alpha value is -1.16. The first kappa shape index (κ1) is 14.3. The van der Waals surface area contributed by atoms with E-state index < -0.39 is 6.10 Å². The number of hydrogen-bond donors (Lipinski definition) is 1. The SMILES string of the molecule is Cc1nc(Cc2ccc(Cl)cc2Cl)ncc1[C@@H](C)O. The maximum absolute atomic E-state index is 9.54. The van der Waals surface area contributed by atoms with Gasteiger partial charge < -0.3 is 5.11 Å². The fourth-order valence-corrected chi connectivity index (χ4v) is 2.33. The molecule has 1 aromatic heterocycles. The predicted molar refractivity (Wildman–Crippen MR) is 76.7 cm³/mol. The number of aryl methyl sites for hydroxylation is 1. The van der Waals surface area contributed by atoms with Crippen LogP contribution in [0.15, 0.2) is 24.4 Å². The molecule has 1 aromatic carbocycles. The van der Waals surface area contributed by atoms with Gasteiger partial charge in [-0.15, -0.1) is 0 Å². The van der Waals surface area contributed by atoms with Gasteiger partial charge in [0.25, 0.3) is 0 Å². The Balaban J connectivity index is 2.26. The molecule has 2 rings (SSSR count). The second-order valence-corrected chi connectivity index (χ2v) is 5.26. The van der Waals surface area contributed by atoms with Crippen LogP contribution in [0.1, 0.15) is 35.7 Å². The topological polar surface area (TPSA) is 46.0 Å². The lowest BCUT2D eigenvalue weighted by Gasteiger charge is -2.09. The number of aliphatic hydroxyl groups excluding tert-OH is 1. The van der Waals surface area contributed by atoms with Gasteiger partial charge in [0.1, 0.15) is 5.82 Å². The molecule has 1 N–H and O–H groups in total. The summed E-state index contributed by atoms with van der Waals surface area (Å²) in [4.78, 5) is 8.65. The van der Waals surface area contributed by atoms with Crippen LogP contribution in [0.2, 0.25) is 10.0 Å². The van der Waals surface area contributed by atoms with Crippen molar-refractivity contribution in [2.45, 2.75) is 26.4 Å². The molecule has 1 atom stereocenters. The zero-order chi connectivity index (χ0) is 14.0. The van der Waals surface area contributed by atoms with E-state index in [-0.39, 0.29) is 0 Å². The average molecular weight is 297 g/mol. The van der Waals surface area contributed by atoms with Gasteiger partial charge in [-0.05, 0) is 31.5 Å². The summed E-state index contributed by atoms with van der Waals surface area (Å²) in [6.07, 6.45) is 1.64. The Labute approximate surface area is 122 Å². The van der Waals surface area contributed by atoms with Crippen LogP contribution in [0.3, 0.4) is 0 Å². The number of halogens is 2. The van der Waals surface area contributed by atoms with Crippen LogP contribution in [-0.4, -0.2) is 15.1 Å². The lowest BCUT2D eigenvalue weighted by Crippen LogP contribution is -2.04. The molecule has 0 radical (unpaired) electrons. The van der Waals surface area contributed by atoms with Crippen molar-refractivity contribution in [2.75, 3.05) is 0 Å². The van der Waals surface area contributed by atoms with Crippen LogP contribution < -0.4 is 0 Å². The maximum Gasteiger partial charge on any atom is 0.132 e. The normalized spacial score (nSPS) is 12.5. The minimum absolute atomic E-state index is 0.539. The van der Waals surface area contributed by atoms with Crippen molar-refractivity contribution in [2.24, 2.45) is 0 Å². The van der Waals surface area contributed by atoms with Gasteiger partial charge in [0.2, 0.25) is 0 Å². The van der Waals surface area contributed by atoms with Gasteiger partial charge in [-0.1, -0.05) is 29.3 Å². The van der Waals surface area contributed by atoms with Crippen LogP contribution in [0.4, 0.5) is 0 Å². The number of benzene rings is 1. The highest BCUT2D eigenvalue weighted by Crippen LogP contribution is 2.23. The Morgan fingerprint density at radius 1 is 1.32 bits per heavy atom. The van der Waals surface area contributed by atoms with E-state index in [0.717, 1.165) is 16.8 Å². The molecule has 0 spiro atoms. The van der Waals surface area contributed by atoms with Crippen molar-refractivity contribution in [1.29, 1.82) is 0 Å². The Morgan fingerprint density at radius 2 is 2.05 bits per heavy atom. The molecule has 0 aliphatic heterocycles. The minimum atomic E-state index is -0.562. The van der Waals surface area contributed by atoms with Gasteiger partial charge in [0.05, 0.1) is 6.10 Å². The molecule has 0 bridgehead atoms. The Bertz CT molecular complexity index is 600. The van der Waals surface area contributed by atoms with Crippen LogP contribution in [0, 0.1) is 6.92 Å². The van der Waals surface area contributed by atoms with Crippen molar-refractivity contribution in [3.05, 3.63) is 57.1 Å². The van der Waals surface area contributed by atoms with Crippen molar-refractivity contribution < 1.29 is 5.11 Å². The van der Waals surface area contributed by atoms with Gasteiger partial charge in [-0.2, -0.15) is 0 Å². The van der Waals surface area contributed by atoms with E-state index in [2.05, 4.69) is 9.97 Å². The van der Waals surface area contributed by atoms with E-state index in [9.17, 15) is 5.11 Å². The summed E-state index contributed by atoms with van der Waals surface area (Å²) < 4.78 is 0. The van der Waals surface area contributed by atoms with Gasteiger partial charge in [0, 0.05) is 33.9 Å². The summed E-state index contributed by atoms with van der Waals surface area (Å²) >= 11 is 12.0. The number of aromatic nitrogens is 2. The second kappa shape index (κ2) is 5.87. The van der Waals surface area contributed by atoms with E-state index >= 15 is 0 Å². The van der Waals surface area contributed by atoms with Crippen LogP contribution in [0.25, 0.3) is 0 Å². The molecule has 0 saturated heterocycles. The molecule has 3 nitrogen and oxygen atoms in total. The molecule has 0 fully saturated rings. The highest BCUT2D eigenvalue weighted by atomic mass is 35.5. The molecular formula is C14H14Cl2N2O. The lowest BCUT2D eigenvalue weighted by molar-refractivity contribution is 0.197. The molecule has 100 valence electrons. The monoisotopic (exact) mass is 296 g/mol. The zero-order valence-electron chi connectivity index (χ0n) is 10.7. The molecule has 0 aliphatic carbocycles. The number of aliphatic hydroxyl groups is 1. The third-order valence-corrected chi connectivity index (χ3v) is 3.47. The largest absolute Gasteiger partial charge is 0.389 e. The minimum Gasteiger partial charge on any atom is -0.389 e. The molecule has 5 heteroatoms. The average Bonchev–Trinajstić information content (AvgIpc) is 2.32. The smallest absolute Gasteiger partial charge is 0.132 e. The maximum atomic E-state index is 9.54. The van der Waals surface area contributed by atoms with E-state index in [1.54, 1.807) is 25.3 Å². The summed E-state index contributed by atoms with van der Waals surface area (Å²) in [5.74, 6) is 0.672. The van der Waals surface area contributed by atoms with Gasteiger partial charge in [-0.25, -0.2) is 9.97 Å². The third kappa shape index (κ3) is 3.44. The second-order valence-electron chi connectivity index (χ2n) is 4.42. The van der Waals surface area contributed by atoms with Crippen molar-refractivity contribution in [3.63, 3.8) is 0 Å². The van der Waals surface area contributed by atoms with Crippen molar-refractivity contribution in [1.82, 2.24) is 9.97 Å². The van der Waals surface area contributed by atoms with E-state index in [4.69, 9.17) is 23.2 Å². The Kier molecular flexibility index (Phi) is 4.40. The zero-order valence-corrected chi connectivity index (χ0v) is 12.2. The summed E-state index contributed by atoms with van der Waals surface area (Å²) in [6.45, 7) is 3.55. The molecule has 0 saturated carbocycles. The number of hydrogen-bond acceptors (Lipinski definition) is 3. The van der Waals surface area contributed by atoms with Crippen LogP contribution in [0.5, 0.6) is 0 Å². The lowest BCUT2D eigenvalue weighted by atomic mass is 10.1. The first-order chi connectivity index (χ1) is 8.97. The van der Waals surface area contributed by atoms with Crippen LogP contribution in [-0.2, 0) is 6.42 Å². The first-order valence-electron chi connectivity index (χ1n) is 5.92. The predicted octanol–water partition coefficient (Wildman–Crippen LogP) is 3.74. The summed E-state index contributed by atoms with van der Waals surface area (Å²) in [7, 11) is 0. The summed E-state index contributed by atoms with van der Waals surface area (Å²) in [5, 5.41) is 10.8. The highest BCUT2D eigenvalue weighted by molar-refractivity contribution is 6.35. The number of nitrogens with zero attached hydrogens (tertiary/aromatic N) is 2. The number of rotatable bonds is 3. The molecule has 2 aromatic rings. The molecule has 0 aliphatic rings. The molecule has 19 heavy (non-hydrogen) atoms. The first-order valence-corrected chi connectivity index (χ1v) is 6.67. The molecule has 0 unspecified atom stereocenters. The Morgan fingerprint density at radius 3 is 2.63 bits per heavy atom. The quantitative estimate of drug-likeness (QED) is 0.938. The van der Waals surface area contributed by atoms with Gasteiger partial charge in [-0.3, -0.25) is 0 Å². The molecular weight excluding hydrogens is 283 g/mol. The molecule has 1 heterocycles. The highest BCUT2D eigenvalue weighted by Gasteiger charge is 2.10. The third-order valence-electron chi connectivity index (χ3n) is 2.88.